The molecule has 0 aromatic rings. The third kappa shape index (κ3) is 51.0. The quantitative estimate of drug-likeness (QED) is 0.0507. The van der Waals surface area contributed by atoms with Gasteiger partial charge in [0.15, 0.2) is 0 Å². The summed E-state index contributed by atoms with van der Waals surface area (Å²) in [5, 5.41) is 0. The molecule has 0 rings (SSSR count). The van der Waals surface area contributed by atoms with Crippen molar-refractivity contribution >= 4 is 5.97 Å². The summed E-state index contributed by atoms with van der Waals surface area (Å²) >= 11 is 0. The Morgan fingerprint density at radius 2 is 0.464 bits per heavy atom. The molecule has 0 N–H and O–H groups in total. The van der Waals surface area contributed by atoms with E-state index in [0.29, 0.717) is 158 Å². The fourth-order valence-corrected chi connectivity index (χ4v) is 5.02. The monoisotopic (exact) mass is 813 g/mol. The first-order valence-corrected chi connectivity index (χ1v) is 21.9. The number of hydrogen-bond donors (Lipinski definition) is 0. The molecule has 0 fully saturated rings. The van der Waals surface area contributed by atoms with E-state index in [1.54, 1.807) is 0 Å². The number of ether oxygens (including phenoxy) is 13. The molecule has 0 spiro atoms. The van der Waals surface area contributed by atoms with Crippen LogP contribution in [0.4, 0.5) is 0 Å². The first-order chi connectivity index (χ1) is 27.8. The van der Waals surface area contributed by atoms with Crippen molar-refractivity contribution in [2.24, 2.45) is 0 Å². The van der Waals surface area contributed by atoms with Gasteiger partial charge in [0, 0.05) is 13.0 Å². The van der Waals surface area contributed by atoms with Crippen molar-refractivity contribution in [3.05, 3.63) is 0 Å². The molecule has 0 aromatic carbocycles. The molecule has 336 valence electrons. The van der Waals surface area contributed by atoms with Crippen LogP contribution in [0.3, 0.4) is 0 Å². The summed E-state index contributed by atoms with van der Waals surface area (Å²) in [7, 11) is 0. The van der Waals surface area contributed by atoms with E-state index in [2.05, 4.69) is 13.8 Å². The van der Waals surface area contributed by atoms with Gasteiger partial charge in [-0.15, -0.1) is 0 Å². The first-order valence-electron chi connectivity index (χ1n) is 21.9. The van der Waals surface area contributed by atoms with Crippen molar-refractivity contribution in [2.75, 3.05) is 165 Å². The maximum atomic E-state index is 11.8. The van der Waals surface area contributed by atoms with Crippen LogP contribution in [0.25, 0.3) is 0 Å². The van der Waals surface area contributed by atoms with Crippen LogP contribution >= 0.6 is 0 Å². The van der Waals surface area contributed by atoms with Crippen molar-refractivity contribution in [1.29, 1.82) is 0 Å². The van der Waals surface area contributed by atoms with Gasteiger partial charge < -0.3 is 61.6 Å². The van der Waals surface area contributed by atoms with Crippen LogP contribution in [0.1, 0.15) is 104 Å². The van der Waals surface area contributed by atoms with E-state index in [0.717, 1.165) is 25.9 Å². The highest BCUT2D eigenvalue weighted by Crippen LogP contribution is 2.10. The molecule has 0 saturated heterocycles. The second-order valence-corrected chi connectivity index (χ2v) is 13.2. The van der Waals surface area contributed by atoms with Gasteiger partial charge in [0.1, 0.15) is 6.61 Å². The van der Waals surface area contributed by atoms with Crippen molar-refractivity contribution in [2.45, 2.75) is 104 Å². The lowest BCUT2D eigenvalue weighted by molar-refractivity contribution is -0.145. The maximum Gasteiger partial charge on any atom is 0.305 e. The van der Waals surface area contributed by atoms with Gasteiger partial charge in [-0.2, -0.15) is 0 Å². The lowest BCUT2D eigenvalue weighted by atomic mass is 10.1. The van der Waals surface area contributed by atoms with Crippen LogP contribution in [0.2, 0.25) is 0 Å². The zero-order valence-electron chi connectivity index (χ0n) is 35.8. The Balaban J connectivity index is 3.10. The molecule has 56 heavy (non-hydrogen) atoms. The fraction of sp³-hybridized carbons (Fsp3) is 0.976. The molecule has 0 unspecified atom stereocenters. The van der Waals surface area contributed by atoms with Gasteiger partial charge in [0.25, 0.3) is 0 Å². The molecular weight excluding hydrogens is 728 g/mol. The van der Waals surface area contributed by atoms with Gasteiger partial charge in [-0.25, -0.2) is 0 Å². The molecule has 0 aliphatic heterocycles. The van der Waals surface area contributed by atoms with Crippen molar-refractivity contribution in [3.8, 4) is 0 Å². The number of esters is 1. The molecule has 0 saturated carbocycles. The molecule has 0 aliphatic carbocycles. The zero-order chi connectivity index (χ0) is 40.3. The standard InChI is InChI=1S/C42H84O14/c1-3-5-7-9-10-11-12-13-14-16-42(43)56-41-40-55-39-38-54-37-36-53-35-34-52-33-32-51-31-30-50-29-28-49-27-26-48-25-24-47-23-22-46-21-20-45-19-18-44-17-15-8-6-4-2/h3-41H2,1-2H3. The van der Waals surface area contributed by atoms with Gasteiger partial charge >= 0.3 is 5.97 Å². The molecule has 0 aromatic heterocycles. The van der Waals surface area contributed by atoms with Gasteiger partial charge in [0.2, 0.25) is 0 Å². The van der Waals surface area contributed by atoms with Gasteiger partial charge in [-0.05, 0) is 12.8 Å². The lowest BCUT2D eigenvalue weighted by Gasteiger charge is -2.09. The van der Waals surface area contributed by atoms with E-state index in [-0.39, 0.29) is 12.6 Å². The Morgan fingerprint density at radius 3 is 0.750 bits per heavy atom. The topological polar surface area (TPSA) is 137 Å². The average Bonchev–Trinajstić information content (AvgIpc) is 3.20. The molecule has 0 amide bonds. The van der Waals surface area contributed by atoms with Gasteiger partial charge in [-0.3, -0.25) is 4.79 Å². The molecule has 0 aliphatic rings. The number of carbonyl (C=O) groups is 1. The van der Waals surface area contributed by atoms with Crippen LogP contribution in [0.15, 0.2) is 0 Å². The van der Waals surface area contributed by atoms with E-state index >= 15 is 0 Å². The SMILES string of the molecule is CCCCCCCCCCCC(=O)OCCOCCOCCOCCOCCOCCOCCOCCOCCOCCOCCOCCOCCCCCC. The first kappa shape index (κ1) is 55.0. The number of unbranched alkanes of at least 4 members (excludes halogenated alkanes) is 11. The molecule has 14 nitrogen and oxygen atoms in total. The molecular formula is C42H84O14. The Kier molecular flexibility index (Phi) is 51.1. The second kappa shape index (κ2) is 52.0. The van der Waals surface area contributed by atoms with Crippen LogP contribution in [0, 0.1) is 0 Å². The molecule has 0 radical (unpaired) electrons. The maximum absolute atomic E-state index is 11.8. The average molecular weight is 813 g/mol. The molecule has 0 heterocycles. The van der Waals surface area contributed by atoms with E-state index in [1.807, 2.05) is 0 Å². The summed E-state index contributed by atoms with van der Waals surface area (Å²) in [6.45, 7) is 17.3. The Hall–Kier alpha value is -1.01. The van der Waals surface area contributed by atoms with E-state index in [1.165, 1.54) is 64.2 Å². The summed E-state index contributed by atoms with van der Waals surface area (Å²) in [5.74, 6) is -0.136. The smallest absolute Gasteiger partial charge is 0.305 e. The summed E-state index contributed by atoms with van der Waals surface area (Å²) in [5.41, 5.74) is 0. The minimum Gasteiger partial charge on any atom is -0.463 e. The van der Waals surface area contributed by atoms with E-state index in [4.69, 9.17) is 61.6 Å². The minimum absolute atomic E-state index is 0.136. The van der Waals surface area contributed by atoms with Gasteiger partial charge in [-0.1, -0.05) is 84.5 Å². The highest BCUT2D eigenvalue weighted by atomic mass is 16.6. The summed E-state index contributed by atoms with van der Waals surface area (Å²) in [6.07, 6.45) is 16.5. The Bertz CT molecular complexity index is 721. The number of carbonyl (C=O) groups excluding carboxylic acids is 1. The third-order valence-electron chi connectivity index (χ3n) is 8.21. The largest absolute Gasteiger partial charge is 0.463 e. The molecule has 0 bridgehead atoms. The summed E-state index contributed by atoms with van der Waals surface area (Å²) in [4.78, 5) is 11.8. The van der Waals surface area contributed by atoms with E-state index in [9.17, 15) is 4.79 Å². The van der Waals surface area contributed by atoms with Crippen molar-refractivity contribution in [3.63, 3.8) is 0 Å². The van der Waals surface area contributed by atoms with Crippen LogP contribution in [-0.4, -0.2) is 171 Å². The number of rotatable bonds is 51. The normalized spacial score (nSPS) is 11.5. The Labute approximate surface area is 340 Å². The second-order valence-electron chi connectivity index (χ2n) is 13.2. The lowest BCUT2D eigenvalue weighted by Crippen LogP contribution is -2.15. The zero-order valence-corrected chi connectivity index (χ0v) is 35.8. The highest BCUT2D eigenvalue weighted by Gasteiger charge is 2.03. The molecule has 0 atom stereocenters. The summed E-state index contributed by atoms with van der Waals surface area (Å²) in [6, 6.07) is 0. The Morgan fingerprint density at radius 1 is 0.250 bits per heavy atom. The van der Waals surface area contributed by atoms with Crippen molar-refractivity contribution in [1.82, 2.24) is 0 Å². The predicted octanol–water partition coefficient (Wildman–Crippen LogP) is 6.23. The minimum atomic E-state index is -0.136. The molecule has 14 heteroatoms. The van der Waals surface area contributed by atoms with Gasteiger partial charge in [0.05, 0.1) is 152 Å². The van der Waals surface area contributed by atoms with Crippen molar-refractivity contribution < 1.29 is 66.4 Å². The third-order valence-corrected chi connectivity index (χ3v) is 8.21. The summed E-state index contributed by atoms with van der Waals surface area (Å²) < 4.78 is 71.2. The fourth-order valence-electron chi connectivity index (χ4n) is 5.02. The van der Waals surface area contributed by atoms with E-state index < -0.39 is 0 Å². The number of hydrogen-bond acceptors (Lipinski definition) is 14. The van der Waals surface area contributed by atoms with Crippen LogP contribution in [0.5, 0.6) is 0 Å². The highest BCUT2D eigenvalue weighted by molar-refractivity contribution is 5.69. The predicted molar refractivity (Wildman–Crippen MR) is 217 cm³/mol. The van der Waals surface area contributed by atoms with Crippen LogP contribution < -0.4 is 0 Å². The van der Waals surface area contributed by atoms with Crippen LogP contribution in [-0.2, 0) is 66.4 Å².